The standard InChI is InChI=1S/C17H19N3O2S/c1-17(2,3)16-20-13-5-4-11(7-14(13)23-16)19-15(21)10-6-12(8-18)22-9-10/h4-7,9H,8,18H2,1-3H3,(H,19,21). The van der Waals surface area contributed by atoms with Gasteiger partial charge in [0.1, 0.15) is 12.0 Å². The number of nitrogens with zero attached hydrogens (tertiary/aromatic N) is 1. The Kier molecular flexibility index (Phi) is 3.95. The summed E-state index contributed by atoms with van der Waals surface area (Å²) in [5.41, 5.74) is 7.65. The van der Waals surface area contributed by atoms with Crippen molar-refractivity contribution in [2.75, 3.05) is 5.32 Å². The first-order valence-corrected chi connectivity index (χ1v) is 8.18. The quantitative estimate of drug-likeness (QED) is 0.763. The average Bonchev–Trinajstić information content (AvgIpc) is 3.12. The minimum atomic E-state index is -0.214. The van der Waals surface area contributed by atoms with Crippen LogP contribution in [0, 0.1) is 0 Å². The van der Waals surface area contributed by atoms with E-state index in [0.29, 0.717) is 11.3 Å². The van der Waals surface area contributed by atoms with Crippen molar-refractivity contribution in [3.63, 3.8) is 0 Å². The van der Waals surface area contributed by atoms with E-state index in [1.807, 2.05) is 18.2 Å². The number of anilines is 1. The Bertz CT molecular complexity index is 858. The highest BCUT2D eigenvalue weighted by Gasteiger charge is 2.19. The minimum Gasteiger partial charge on any atom is -0.467 e. The maximum absolute atomic E-state index is 12.2. The summed E-state index contributed by atoms with van der Waals surface area (Å²) >= 11 is 1.65. The van der Waals surface area contributed by atoms with Gasteiger partial charge in [-0.1, -0.05) is 20.8 Å². The Morgan fingerprint density at radius 2 is 2.13 bits per heavy atom. The van der Waals surface area contributed by atoms with Crippen molar-refractivity contribution in [2.24, 2.45) is 5.73 Å². The number of carbonyl (C=O) groups excluding carboxylic acids is 1. The Morgan fingerprint density at radius 3 is 2.78 bits per heavy atom. The van der Waals surface area contributed by atoms with Gasteiger partial charge in [0.2, 0.25) is 0 Å². The molecule has 120 valence electrons. The molecule has 0 bridgehead atoms. The number of carbonyl (C=O) groups is 1. The van der Waals surface area contributed by atoms with Crippen molar-refractivity contribution in [3.05, 3.63) is 46.9 Å². The van der Waals surface area contributed by atoms with Crippen molar-refractivity contribution >= 4 is 33.1 Å². The molecule has 0 saturated heterocycles. The first kappa shape index (κ1) is 15.7. The van der Waals surface area contributed by atoms with Gasteiger partial charge in [-0.2, -0.15) is 0 Å². The summed E-state index contributed by atoms with van der Waals surface area (Å²) < 4.78 is 6.25. The molecule has 23 heavy (non-hydrogen) atoms. The van der Waals surface area contributed by atoms with Crippen LogP contribution in [0.4, 0.5) is 5.69 Å². The Hall–Kier alpha value is -2.18. The van der Waals surface area contributed by atoms with Crippen LogP contribution in [-0.2, 0) is 12.0 Å². The molecule has 0 atom stereocenters. The van der Waals surface area contributed by atoms with E-state index in [0.717, 1.165) is 20.9 Å². The van der Waals surface area contributed by atoms with E-state index in [-0.39, 0.29) is 17.9 Å². The molecule has 6 heteroatoms. The molecule has 3 rings (SSSR count). The first-order valence-electron chi connectivity index (χ1n) is 7.37. The first-order chi connectivity index (χ1) is 10.9. The minimum absolute atomic E-state index is 0.0164. The number of nitrogens with one attached hydrogen (secondary N) is 1. The van der Waals surface area contributed by atoms with Gasteiger partial charge in [-0.25, -0.2) is 4.98 Å². The second-order valence-corrected chi connectivity index (χ2v) is 7.44. The van der Waals surface area contributed by atoms with Gasteiger partial charge in [0.25, 0.3) is 5.91 Å². The lowest BCUT2D eigenvalue weighted by Gasteiger charge is -2.13. The predicted molar refractivity (Wildman–Crippen MR) is 92.9 cm³/mol. The fourth-order valence-corrected chi connectivity index (χ4v) is 3.20. The lowest BCUT2D eigenvalue weighted by atomic mass is 9.98. The van der Waals surface area contributed by atoms with Gasteiger partial charge >= 0.3 is 0 Å². The number of thiazole rings is 1. The second-order valence-electron chi connectivity index (χ2n) is 6.41. The van der Waals surface area contributed by atoms with Crippen molar-refractivity contribution in [3.8, 4) is 0 Å². The van der Waals surface area contributed by atoms with Crippen molar-refractivity contribution < 1.29 is 9.21 Å². The zero-order chi connectivity index (χ0) is 16.6. The lowest BCUT2D eigenvalue weighted by Crippen LogP contribution is -2.10. The van der Waals surface area contributed by atoms with E-state index in [1.165, 1.54) is 6.26 Å². The Labute approximate surface area is 138 Å². The highest BCUT2D eigenvalue weighted by molar-refractivity contribution is 7.18. The van der Waals surface area contributed by atoms with E-state index < -0.39 is 0 Å². The normalized spacial score (nSPS) is 11.8. The molecule has 5 nitrogen and oxygen atoms in total. The zero-order valence-electron chi connectivity index (χ0n) is 13.3. The summed E-state index contributed by atoms with van der Waals surface area (Å²) in [6, 6.07) is 7.38. The number of fused-ring (bicyclic) bond motifs is 1. The van der Waals surface area contributed by atoms with E-state index in [1.54, 1.807) is 17.4 Å². The topological polar surface area (TPSA) is 81.2 Å². The molecule has 1 amide bonds. The number of amides is 1. The van der Waals surface area contributed by atoms with Crippen LogP contribution >= 0.6 is 11.3 Å². The van der Waals surface area contributed by atoms with Crippen LogP contribution in [0.2, 0.25) is 0 Å². The van der Waals surface area contributed by atoms with Gasteiger partial charge in [-0.3, -0.25) is 4.79 Å². The van der Waals surface area contributed by atoms with Crippen LogP contribution in [0.1, 0.15) is 41.9 Å². The van der Waals surface area contributed by atoms with Crippen LogP contribution in [0.5, 0.6) is 0 Å². The second kappa shape index (κ2) is 5.79. The van der Waals surface area contributed by atoms with Crippen molar-refractivity contribution in [2.45, 2.75) is 32.7 Å². The molecule has 2 heterocycles. The number of benzene rings is 1. The number of nitrogens with two attached hydrogens (primary N) is 1. The van der Waals surface area contributed by atoms with E-state index in [9.17, 15) is 4.79 Å². The molecule has 0 spiro atoms. The van der Waals surface area contributed by atoms with Gasteiger partial charge in [0.05, 0.1) is 27.3 Å². The van der Waals surface area contributed by atoms with Crippen LogP contribution in [-0.4, -0.2) is 10.9 Å². The van der Waals surface area contributed by atoms with Gasteiger partial charge < -0.3 is 15.5 Å². The fraction of sp³-hybridized carbons (Fsp3) is 0.294. The molecule has 0 saturated carbocycles. The van der Waals surface area contributed by atoms with Crippen LogP contribution < -0.4 is 11.1 Å². The SMILES string of the molecule is CC(C)(C)c1nc2ccc(NC(=O)c3coc(CN)c3)cc2s1. The predicted octanol–water partition coefficient (Wildman–Crippen LogP) is 3.90. The zero-order valence-corrected chi connectivity index (χ0v) is 14.2. The summed E-state index contributed by atoms with van der Waals surface area (Å²) in [4.78, 5) is 16.9. The molecule has 2 aromatic heterocycles. The molecule has 3 aromatic rings. The molecule has 0 fully saturated rings. The maximum Gasteiger partial charge on any atom is 0.258 e. The molecular weight excluding hydrogens is 310 g/mol. The summed E-state index contributed by atoms with van der Waals surface area (Å²) in [6.45, 7) is 6.69. The smallest absolute Gasteiger partial charge is 0.258 e. The number of hydrogen-bond donors (Lipinski definition) is 2. The van der Waals surface area contributed by atoms with Gasteiger partial charge in [-0.05, 0) is 24.3 Å². The average molecular weight is 329 g/mol. The largest absolute Gasteiger partial charge is 0.467 e. The third-order valence-corrected chi connectivity index (χ3v) is 4.85. The van der Waals surface area contributed by atoms with Gasteiger partial charge in [0.15, 0.2) is 0 Å². The molecule has 0 radical (unpaired) electrons. The molecule has 1 aromatic carbocycles. The molecule has 0 unspecified atom stereocenters. The van der Waals surface area contributed by atoms with E-state index in [4.69, 9.17) is 10.2 Å². The number of hydrogen-bond acceptors (Lipinski definition) is 5. The van der Waals surface area contributed by atoms with Crippen molar-refractivity contribution in [1.29, 1.82) is 0 Å². The number of aromatic nitrogens is 1. The molecule has 3 N–H and O–H groups in total. The molecule has 0 aliphatic heterocycles. The summed E-state index contributed by atoms with van der Waals surface area (Å²) in [7, 11) is 0. The number of furan rings is 1. The highest BCUT2D eigenvalue weighted by atomic mass is 32.1. The maximum atomic E-state index is 12.2. The van der Waals surface area contributed by atoms with Gasteiger partial charge in [0, 0.05) is 11.1 Å². The molecular formula is C17H19N3O2S. The Balaban J connectivity index is 1.84. The third-order valence-electron chi connectivity index (χ3n) is 3.41. The van der Waals surface area contributed by atoms with Crippen LogP contribution in [0.3, 0.4) is 0 Å². The van der Waals surface area contributed by atoms with Gasteiger partial charge in [-0.15, -0.1) is 11.3 Å². The summed E-state index contributed by atoms with van der Waals surface area (Å²) in [5.74, 6) is 0.372. The molecule has 0 aliphatic carbocycles. The van der Waals surface area contributed by atoms with Crippen LogP contribution in [0.25, 0.3) is 10.2 Å². The summed E-state index contributed by atoms with van der Waals surface area (Å²) in [5, 5.41) is 3.96. The van der Waals surface area contributed by atoms with Crippen LogP contribution in [0.15, 0.2) is 34.9 Å². The lowest BCUT2D eigenvalue weighted by molar-refractivity contribution is 0.102. The van der Waals surface area contributed by atoms with E-state index in [2.05, 4.69) is 31.1 Å². The number of rotatable bonds is 3. The summed E-state index contributed by atoms with van der Waals surface area (Å²) in [6.07, 6.45) is 1.42. The van der Waals surface area contributed by atoms with E-state index >= 15 is 0 Å². The molecule has 0 aliphatic rings. The van der Waals surface area contributed by atoms with Crippen molar-refractivity contribution in [1.82, 2.24) is 4.98 Å². The monoisotopic (exact) mass is 329 g/mol. The Morgan fingerprint density at radius 1 is 1.35 bits per heavy atom. The fourth-order valence-electron chi connectivity index (χ4n) is 2.13. The highest BCUT2D eigenvalue weighted by Crippen LogP contribution is 2.32. The third kappa shape index (κ3) is 3.28.